The van der Waals surface area contributed by atoms with Crippen molar-refractivity contribution < 1.29 is 19.1 Å². The van der Waals surface area contributed by atoms with Crippen LogP contribution in [0.5, 0.6) is 11.5 Å². The monoisotopic (exact) mass is 474 g/mol. The van der Waals surface area contributed by atoms with Gasteiger partial charge in [0, 0.05) is 12.1 Å². The fourth-order valence-corrected chi connectivity index (χ4v) is 6.06. The van der Waals surface area contributed by atoms with E-state index in [-0.39, 0.29) is 30.5 Å². The van der Waals surface area contributed by atoms with E-state index >= 15 is 0 Å². The molecule has 1 saturated heterocycles. The van der Waals surface area contributed by atoms with Crippen molar-refractivity contribution in [2.45, 2.75) is 69.9 Å². The Balaban J connectivity index is 1.39. The first-order chi connectivity index (χ1) is 15.5. The van der Waals surface area contributed by atoms with Crippen molar-refractivity contribution in [2.75, 3.05) is 13.7 Å². The molecule has 3 aliphatic rings. The Kier molecular flexibility index (Phi) is 7.73. The molecule has 2 amide bonds. The highest BCUT2D eigenvalue weighted by Gasteiger charge is 2.38. The number of amides is 2. The van der Waals surface area contributed by atoms with E-state index in [0.717, 1.165) is 44.1 Å². The molecule has 0 unspecified atom stereocenters. The lowest BCUT2D eigenvalue weighted by Gasteiger charge is -2.22. The number of nitrogens with one attached hydrogen (secondary N) is 1. The number of hydrogen-bond donors (Lipinski definition) is 1. The quantitative estimate of drug-likeness (QED) is 0.458. The van der Waals surface area contributed by atoms with E-state index < -0.39 is 0 Å². The maximum atomic E-state index is 12.9. The summed E-state index contributed by atoms with van der Waals surface area (Å²) in [4.78, 5) is 27.6. The number of thiocarbonyl (C=S) groups is 1. The number of thioether (sulfide) groups is 1. The predicted octanol–water partition coefficient (Wildman–Crippen LogP) is 4.67. The van der Waals surface area contributed by atoms with E-state index in [9.17, 15) is 9.59 Å². The van der Waals surface area contributed by atoms with Crippen molar-refractivity contribution >= 4 is 46.2 Å². The molecule has 6 nitrogen and oxygen atoms in total. The molecule has 8 heteroatoms. The normalized spacial score (nSPS) is 21.4. The van der Waals surface area contributed by atoms with Gasteiger partial charge in [-0.15, -0.1) is 0 Å². The smallest absolute Gasteiger partial charge is 0.266 e. The van der Waals surface area contributed by atoms with E-state index in [2.05, 4.69) is 5.32 Å². The number of rotatable bonds is 7. The summed E-state index contributed by atoms with van der Waals surface area (Å²) in [7, 11) is 1.56. The van der Waals surface area contributed by atoms with Crippen LogP contribution >= 0.6 is 24.0 Å². The highest BCUT2D eigenvalue weighted by molar-refractivity contribution is 8.26. The van der Waals surface area contributed by atoms with Crippen LogP contribution in [0, 0.1) is 0 Å². The molecule has 0 radical (unpaired) electrons. The molecule has 2 saturated carbocycles. The van der Waals surface area contributed by atoms with Gasteiger partial charge in [-0.25, -0.2) is 0 Å². The minimum Gasteiger partial charge on any atom is -0.493 e. The minimum absolute atomic E-state index is 0.00872. The first-order valence-corrected chi connectivity index (χ1v) is 12.6. The van der Waals surface area contributed by atoms with Gasteiger partial charge in [0.1, 0.15) is 4.32 Å². The van der Waals surface area contributed by atoms with Crippen molar-refractivity contribution in [2.24, 2.45) is 0 Å². The molecule has 0 spiro atoms. The molecule has 0 aromatic heterocycles. The Morgan fingerprint density at radius 3 is 2.59 bits per heavy atom. The van der Waals surface area contributed by atoms with Crippen LogP contribution in [0.1, 0.15) is 63.4 Å². The Labute approximate surface area is 199 Å². The van der Waals surface area contributed by atoms with Gasteiger partial charge >= 0.3 is 0 Å². The number of nitrogens with zero attached hydrogens (tertiary/aromatic N) is 1. The van der Waals surface area contributed by atoms with Crippen molar-refractivity contribution in [1.82, 2.24) is 10.2 Å². The summed E-state index contributed by atoms with van der Waals surface area (Å²) in [6.45, 7) is -0.0494. The zero-order chi connectivity index (χ0) is 22.5. The molecule has 0 atom stereocenters. The van der Waals surface area contributed by atoms with Crippen LogP contribution in [0.3, 0.4) is 0 Å². The second-order valence-electron chi connectivity index (χ2n) is 8.59. The Hall–Kier alpha value is -2.06. The molecule has 3 fully saturated rings. The summed E-state index contributed by atoms with van der Waals surface area (Å²) in [5.74, 6) is 0.904. The van der Waals surface area contributed by atoms with Gasteiger partial charge in [0.15, 0.2) is 18.1 Å². The molecule has 2 aliphatic carbocycles. The van der Waals surface area contributed by atoms with E-state index in [1.54, 1.807) is 18.1 Å². The molecule has 1 aliphatic heterocycles. The summed E-state index contributed by atoms with van der Waals surface area (Å²) in [5, 5.41) is 3.05. The van der Waals surface area contributed by atoms with Crippen molar-refractivity contribution in [1.29, 1.82) is 0 Å². The fraction of sp³-hybridized carbons (Fsp3) is 0.542. The Morgan fingerprint density at radius 2 is 1.88 bits per heavy atom. The third-order valence-electron chi connectivity index (χ3n) is 6.33. The van der Waals surface area contributed by atoms with E-state index in [1.165, 1.54) is 31.0 Å². The van der Waals surface area contributed by atoms with E-state index in [1.807, 2.05) is 18.2 Å². The van der Waals surface area contributed by atoms with Crippen LogP contribution < -0.4 is 14.8 Å². The highest BCUT2D eigenvalue weighted by Crippen LogP contribution is 2.38. The lowest BCUT2D eigenvalue weighted by Crippen LogP contribution is -2.39. The van der Waals surface area contributed by atoms with Crippen molar-refractivity contribution in [3.63, 3.8) is 0 Å². The van der Waals surface area contributed by atoms with Crippen molar-refractivity contribution in [3.05, 3.63) is 28.7 Å². The predicted molar refractivity (Wildman–Crippen MR) is 131 cm³/mol. The van der Waals surface area contributed by atoms with E-state index in [4.69, 9.17) is 21.7 Å². The van der Waals surface area contributed by atoms with Crippen molar-refractivity contribution in [3.8, 4) is 11.5 Å². The third kappa shape index (κ3) is 5.46. The van der Waals surface area contributed by atoms with E-state index in [0.29, 0.717) is 20.7 Å². The summed E-state index contributed by atoms with van der Waals surface area (Å²) in [6, 6.07) is 5.94. The van der Waals surface area contributed by atoms with Gasteiger partial charge in [-0.1, -0.05) is 62.2 Å². The molecule has 1 N–H and O–H groups in total. The first-order valence-electron chi connectivity index (χ1n) is 11.4. The molecule has 1 aromatic rings. The van der Waals surface area contributed by atoms with Crippen LogP contribution in [0.25, 0.3) is 6.08 Å². The summed E-state index contributed by atoms with van der Waals surface area (Å²) in [5.41, 5.74) is 0.827. The highest BCUT2D eigenvalue weighted by atomic mass is 32.2. The minimum atomic E-state index is -0.112. The number of benzene rings is 1. The van der Waals surface area contributed by atoms with Gasteiger partial charge in [0.05, 0.1) is 12.0 Å². The summed E-state index contributed by atoms with van der Waals surface area (Å²) < 4.78 is 11.8. The molecular formula is C24H30N2O4S2. The molecule has 32 heavy (non-hydrogen) atoms. The number of ether oxygens (including phenoxy) is 2. The second kappa shape index (κ2) is 10.7. The average Bonchev–Trinajstić information content (AvgIpc) is 3.41. The first kappa shape index (κ1) is 23.1. The standard InChI is InChI=1S/C24H30N2O4S2/c1-29-20-13-16(14-21-23(28)26(24(31)32-21)18-9-5-6-10-18)11-12-19(20)30-15-22(27)25-17-7-3-2-4-8-17/h11-14,17-18H,2-10,15H2,1H3,(H,25,27). The molecule has 1 heterocycles. The number of hydrogen-bond acceptors (Lipinski definition) is 6. The second-order valence-corrected chi connectivity index (χ2v) is 10.3. The molecule has 0 bridgehead atoms. The van der Waals surface area contributed by atoms with Gasteiger partial charge in [0.2, 0.25) is 0 Å². The maximum absolute atomic E-state index is 12.9. The topological polar surface area (TPSA) is 67.9 Å². The number of carbonyl (C=O) groups excluding carboxylic acids is 2. The molecule has 1 aromatic carbocycles. The van der Waals surface area contributed by atoms with Gasteiger partial charge < -0.3 is 14.8 Å². The Bertz CT molecular complexity index is 905. The maximum Gasteiger partial charge on any atom is 0.266 e. The van der Waals surface area contributed by atoms with Crippen LogP contribution in [-0.2, 0) is 9.59 Å². The van der Waals surface area contributed by atoms with Crippen LogP contribution in [0.2, 0.25) is 0 Å². The number of methoxy groups -OCH3 is 1. The zero-order valence-electron chi connectivity index (χ0n) is 18.4. The van der Waals surface area contributed by atoms with Gasteiger partial charge in [0.25, 0.3) is 11.8 Å². The summed E-state index contributed by atoms with van der Waals surface area (Å²) >= 11 is 6.83. The molecule has 4 rings (SSSR count). The third-order valence-corrected chi connectivity index (χ3v) is 7.66. The zero-order valence-corrected chi connectivity index (χ0v) is 20.1. The van der Waals surface area contributed by atoms with Gasteiger partial charge in [-0.2, -0.15) is 0 Å². The summed E-state index contributed by atoms with van der Waals surface area (Å²) in [6.07, 6.45) is 11.8. The van der Waals surface area contributed by atoms with Gasteiger partial charge in [-0.05, 0) is 49.5 Å². The van der Waals surface area contributed by atoms with Crippen LogP contribution in [0.15, 0.2) is 23.1 Å². The lowest BCUT2D eigenvalue weighted by atomic mass is 9.95. The largest absolute Gasteiger partial charge is 0.493 e. The number of carbonyl (C=O) groups is 2. The van der Waals surface area contributed by atoms with Gasteiger partial charge in [-0.3, -0.25) is 14.5 Å². The average molecular weight is 475 g/mol. The molecular weight excluding hydrogens is 444 g/mol. The SMILES string of the molecule is COc1cc(C=C2SC(=S)N(C3CCCC3)C2=O)ccc1OCC(=O)NC1CCCCC1. The van der Waals surface area contributed by atoms with Crippen LogP contribution in [0.4, 0.5) is 0 Å². The fourth-order valence-electron chi connectivity index (χ4n) is 4.66. The molecule has 172 valence electrons. The van der Waals surface area contributed by atoms with Crippen LogP contribution in [-0.4, -0.2) is 46.8 Å². The lowest BCUT2D eigenvalue weighted by molar-refractivity contribution is -0.124. The Morgan fingerprint density at radius 1 is 1.16 bits per heavy atom.